The van der Waals surface area contributed by atoms with E-state index in [2.05, 4.69) is 15.2 Å². The number of pyridine rings is 1. The molecule has 0 aliphatic heterocycles. The first-order chi connectivity index (χ1) is 15.6. The van der Waals surface area contributed by atoms with Crippen LogP contribution in [0.4, 0.5) is 18.9 Å². The average Bonchev–Trinajstić information content (AvgIpc) is 3.42. The molecule has 0 bridgehead atoms. The lowest BCUT2D eigenvalue weighted by Crippen LogP contribution is -2.31. The molecule has 0 unspecified atom stereocenters. The average molecular weight is 480 g/mol. The highest BCUT2D eigenvalue weighted by molar-refractivity contribution is 7.92. The normalized spacial score (nSPS) is 12.3. The van der Waals surface area contributed by atoms with Gasteiger partial charge in [0.2, 0.25) is 0 Å². The lowest BCUT2D eigenvalue weighted by Gasteiger charge is -2.25. The predicted octanol–water partition coefficient (Wildman–Crippen LogP) is 3.40. The van der Waals surface area contributed by atoms with Crippen molar-refractivity contribution >= 4 is 26.6 Å². The van der Waals surface area contributed by atoms with Crippen molar-refractivity contribution in [3.8, 4) is 11.4 Å². The fraction of sp³-hybridized carbons (Fsp3) is 0.250. The zero-order valence-corrected chi connectivity index (χ0v) is 18.6. The van der Waals surface area contributed by atoms with E-state index in [1.165, 1.54) is 13.2 Å². The fourth-order valence-electron chi connectivity index (χ4n) is 3.51. The van der Waals surface area contributed by atoms with Crippen molar-refractivity contribution in [1.29, 1.82) is 0 Å². The van der Waals surface area contributed by atoms with Crippen molar-refractivity contribution in [2.75, 3.05) is 18.0 Å². The van der Waals surface area contributed by atoms with E-state index in [4.69, 9.17) is 4.74 Å². The Morgan fingerprint density at radius 3 is 2.58 bits per heavy atom. The topological polar surface area (TPSA) is 95.1 Å². The van der Waals surface area contributed by atoms with Gasteiger partial charge in [0.15, 0.2) is 0 Å². The number of alkyl halides is 3. The van der Waals surface area contributed by atoms with Crippen molar-refractivity contribution in [2.24, 2.45) is 7.05 Å². The summed E-state index contributed by atoms with van der Waals surface area (Å²) in [5.74, 6) is 0.327. The monoisotopic (exact) mass is 480 g/mol. The van der Waals surface area contributed by atoms with Gasteiger partial charge < -0.3 is 4.74 Å². The summed E-state index contributed by atoms with van der Waals surface area (Å²) in [6.45, 7) is 1.72. The van der Waals surface area contributed by atoms with Gasteiger partial charge in [-0.15, -0.1) is 0 Å². The molecule has 33 heavy (non-hydrogen) atoms. The molecule has 3 aromatic heterocycles. The van der Waals surface area contributed by atoms with Gasteiger partial charge in [0.25, 0.3) is 10.0 Å². The molecule has 0 saturated carbocycles. The van der Waals surface area contributed by atoms with Crippen molar-refractivity contribution in [3.05, 3.63) is 54.7 Å². The molecular formula is C20H19F3N6O3S. The second-order valence-corrected chi connectivity index (χ2v) is 8.87. The van der Waals surface area contributed by atoms with E-state index in [1.807, 2.05) is 0 Å². The molecule has 9 nitrogen and oxygen atoms in total. The maximum Gasteiger partial charge on any atom is 0.433 e. The van der Waals surface area contributed by atoms with E-state index in [9.17, 15) is 21.6 Å². The van der Waals surface area contributed by atoms with Crippen molar-refractivity contribution in [2.45, 2.75) is 18.0 Å². The highest BCUT2D eigenvalue weighted by atomic mass is 32.2. The number of hydrogen-bond acceptors (Lipinski definition) is 6. The van der Waals surface area contributed by atoms with Gasteiger partial charge in [-0.3, -0.25) is 14.0 Å². The number of aryl methyl sites for hydroxylation is 1. The van der Waals surface area contributed by atoms with E-state index in [1.54, 1.807) is 37.0 Å². The van der Waals surface area contributed by atoms with Crippen LogP contribution >= 0.6 is 0 Å². The SMILES string of the molecule is CCN(c1c(OC)ccc2cnn(C)c12)S(=O)(=O)c1cnn(-c2ccnc(C(F)(F)F)c2)c1. The molecule has 13 heteroatoms. The summed E-state index contributed by atoms with van der Waals surface area (Å²) in [5, 5.41) is 8.88. The first-order valence-corrected chi connectivity index (χ1v) is 11.1. The number of ether oxygens (including phenoxy) is 1. The van der Waals surface area contributed by atoms with Crippen LogP contribution in [0.3, 0.4) is 0 Å². The number of halogens is 3. The minimum absolute atomic E-state index is 0.0214. The zero-order chi connectivity index (χ0) is 24.0. The zero-order valence-electron chi connectivity index (χ0n) is 17.8. The molecule has 0 aliphatic rings. The molecule has 0 fully saturated rings. The highest BCUT2D eigenvalue weighted by Gasteiger charge is 2.33. The van der Waals surface area contributed by atoms with Crippen LogP contribution in [0.15, 0.2) is 53.9 Å². The molecule has 1 aromatic carbocycles. The van der Waals surface area contributed by atoms with Crippen LogP contribution in [0, 0.1) is 0 Å². The molecular weight excluding hydrogens is 461 g/mol. The van der Waals surface area contributed by atoms with Crippen LogP contribution in [0.5, 0.6) is 5.75 Å². The molecule has 0 radical (unpaired) electrons. The Balaban J connectivity index is 1.81. The Morgan fingerprint density at radius 1 is 1.15 bits per heavy atom. The van der Waals surface area contributed by atoms with Crippen LogP contribution < -0.4 is 9.04 Å². The molecule has 0 N–H and O–H groups in total. The number of rotatable bonds is 6. The number of anilines is 1. The van der Waals surface area contributed by atoms with Crippen molar-refractivity contribution in [1.82, 2.24) is 24.5 Å². The molecule has 0 spiro atoms. The minimum atomic E-state index is -4.64. The lowest BCUT2D eigenvalue weighted by atomic mass is 10.2. The number of aromatic nitrogens is 5. The standard InChI is InChI=1S/C20H19F3N6O3S/c1-4-29(19-16(32-3)6-5-13-10-25-27(2)18(13)19)33(30,31)15-11-26-28(12-15)14-7-8-24-17(9-14)20(21,22)23/h5-12H,4H2,1-3H3. The van der Waals surface area contributed by atoms with Crippen molar-refractivity contribution < 1.29 is 26.3 Å². The van der Waals surface area contributed by atoms with E-state index in [0.717, 1.165) is 33.6 Å². The van der Waals surface area contributed by atoms with Gasteiger partial charge in [0.1, 0.15) is 22.0 Å². The minimum Gasteiger partial charge on any atom is -0.494 e. The fourth-order valence-corrected chi connectivity index (χ4v) is 4.93. The Morgan fingerprint density at radius 2 is 1.91 bits per heavy atom. The van der Waals surface area contributed by atoms with Gasteiger partial charge in [-0.25, -0.2) is 13.1 Å². The van der Waals surface area contributed by atoms with Crippen molar-refractivity contribution in [3.63, 3.8) is 0 Å². The molecule has 0 amide bonds. The predicted molar refractivity (Wildman–Crippen MR) is 114 cm³/mol. The Kier molecular flexibility index (Phi) is 5.52. The third kappa shape index (κ3) is 3.88. The van der Waals surface area contributed by atoms with Gasteiger partial charge in [-0.1, -0.05) is 0 Å². The maximum absolute atomic E-state index is 13.6. The number of nitrogens with zero attached hydrogens (tertiary/aromatic N) is 6. The summed E-state index contributed by atoms with van der Waals surface area (Å²) in [7, 11) is -1.04. The smallest absolute Gasteiger partial charge is 0.433 e. The second kappa shape index (κ2) is 8.06. The molecule has 3 heterocycles. The largest absolute Gasteiger partial charge is 0.494 e. The van der Waals surface area contributed by atoms with Gasteiger partial charge in [0.05, 0.1) is 36.9 Å². The third-order valence-electron chi connectivity index (χ3n) is 5.04. The lowest BCUT2D eigenvalue weighted by molar-refractivity contribution is -0.141. The van der Waals surface area contributed by atoms with Crippen LogP contribution in [-0.2, 0) is 23.2 Å². The molecule has 0 aliphatic carbocycles. The molecule has 4 rings (SSSR count). The Labute approximate surface area is 187 Å². The Bertz CT molecular complexity index is 1430. The van der Waals surface area contributed by atoms with Crippen LogP contribution in [0.1, 0.15) is 12.6 Å². The Hall–Kier alpha value is -3.61. The summed E-state index contributed by atoms with van der Waals surface area (Å²) in [6, 6.07) is 5.51. The third-order valence-corrected chi connectivity index (χ3v) is 6.87. The van der Waals surface area contributed by atoms with Gasteiger partial charge in [-0.05, 0) is 31.2 Å². The first kappa shape index (κ1) is 22.6. The molecule has 0 atom stereocenters. The van der Waals surface area contributed by atoms with Crippen LogP contribution in [-0.4, -0.2) is 46.6 Å². The van der Waals surface area contributed by atoms with Gasteiger partial charge >= 0.3 is 6.18 Å². The van der Waals surface area contributed by atoms with Gasteiger partial charge in [-0.2, -0.15) is 23.4 Å². The van der Waals surface area contributed by atoms with Crippen LogP contribution in [0.25, 0.3) is 16.6 Å². The van der Waals surface area contributed by atoms with E-state index in [-0.39, 0.29) is 17.1 Å². The number of sulfonamides is 1. The molecule has 0 saturated heterocycles. The number of fused-ring (bicyclic) bond motifs is 1. The summed E-state index contributed by atoms with van der Waals surface area (Å²) in [4.78, 5) is 3.11. The number of hydrogen-bond donors (Lipinski definition) is 0. The van der Waals surface area contributed by atoms with Gasteiger partial charge in [0, 0.05) is 25.2 Å². The number of benzene rings is 1. The van der Waals surface area contributed by atoms with E-state index in [0.29, 0.717) is 22.3 Å². The van der Waals surface area contributed by atoms with Crippen LogP contribution in [0.2, 0.25) is 0 Å². The number of methoxy groups -OCH3 is 1. The van der Waals surface area contributed by atoms with E-state index >= 15 is 0 Å². The second-order valence-electron chi connectivity index (χ2n) is 7.01. The first-order valence-electron chi connectivity index (χ1n) is 9.67. The summed E-state index contributed by atoms with van der Waals surface area (Å²) < 4.78 is 75.4. The summed E-state index contributed by atoms with van der Waals surface area (Å²) >= 11 is 0. The molecule has 174 valence electrons. The quantitative estimate of drug-likeness (QED) is 0.420. The maximum atomic E-state index is 13.6. The summed E-state index contributed by atoms with van der Waals surface area (Å²) in [6.07, 6.45) is 0.194. The highest BCUT2D eigenvalue weighted by Crippen LogP contribution is 2.39. The summed E-state index contributed by atoms with van der Waals surface area (Å²) in [5.41, 5.74) is -0.236. The van der Waals surface area contributed by atoms with E-state index < -0.39 is 21.9 Å². The molecule has 4 aromatic rings.